The van der Waals surface area contributed by atoms with Crippen LogP contribution in [0, 0.1) is 11.8 Å². The number of hydrogen-bond acceptors (Lipinski definition) is 3. The smallest absolute Gasteiger partial charge is 0.314 e. The van der Waals surface area contributed by atoms with E-state index >= 15 is 0 Å². The third-order valence-electron chi connectivity index (χ3n) is 4.08. The van der Waals surface area contributed by atoms with Crippen LogP contribution in [-0.4, -0.2) is 37.1 Å². The van der Waals surface area contributed by atoms with Gasteiger partial charge >= 0.3 is 6.03 Å². The molecule has 0 spiro atoms. The van der Waals surface area contributed by atoms with Crippen molar-refractivity contribution in [2.75, 3.05) is 19.7 Å². The van der Waals surface area contributed by atoms with Gasteiger partial charge in [0.05, 0.1) is 6.61 Å². The molecule has 3 N–H and O–H groups in total. The van der Waals surface area contributed by atoms with Gasteiger partial charge in [-0.3, -0.25) is 0 Å². The topological polar surface area (TPSA) is 70.6 Å². The Kier molecular flexibility index (Phi) is 8.62. The zero-order chi connectivity index (χ0) is 14.8. The van der Waals surface area contributed by atoms with Crippen LogP contribution in [0.5, 0.6) is 0 Å². The van der Waals surface area contributed by atoms with Crippen LogP contribution in [-0.2, 0) is 4.74 Å². The molecule has 0 radical (unpaired) electrons. The van der Waals surface area contributed by atoms with Crippen molar-refractivity contribution in [3.05, 3.63) is 0 Å². The van der Waals surface area contributed by atoms with E-state index in [0.29, 0.717) is 19.1 Å². The maximum Gasteiger partial charge on any atom is 0.314 e. The predicted molar refractivity (Wildman–Crippen MR) is 79.4 cm³/mol. The molecule has 1 aliphatic rings. The van der Waals surface area contributed by atoms with E-state index in [4.69, 9.17) is 4.74 Å². The summed E-state index contributed by atoms with van der Waals surface area (Å²) in [5.74, 6) is 0.758. The lowest BCUT2D eigenvalue weighted by atomic mass is 9.89. The molecule has 0 bridgehead atoms. The fourth-order valence-electron chi connectivity index (χ4n) is 2.40. The third-order valence-corrected chi connectivity index (χ3v) is 4.08. The maximum absolute atomic E-state index is 11.6. The molecule has 118 valence electrons. The molecule has 0 heterocycles. The average molecular weight is 286 g/mol. The number of rotatable bonds is 8. The Morgan fingerprint density at radius 1 is 1.30 bits per heavy atom. The Labute approximate surface area is 122 Å². The van der Waals surface area contributed by atoms with E-state index < -0.39 is 6.29 Å². The first-order valence-corrected chi connectivity index (χ1v) is 7.94. The number of hydrogen-bond donors (Lipinski definition) is 3. The van der Waals surface area contributed by atoms with Gasteiger partial charge in [0.2, 0.25) is 0 Å². The van der Waals surface area contributed by atoms with E-state index in [9.17, 15) is 9.90 Å². The summed E-state index contributed by atoms with van der Waals surface area (Å²) < 4.78 is 5.25. The number of carbonyl (C=O) groups is 1. The second-order valence-corrected chi connectivity index (χ2v) is 5.79. The first-order valence-electron chi connectivity index (χ1n) is 7.94. The van der Waals surface area contributed by atoms with E-state index in [1.807, 2.05) is 13.8 Å². The minimum atomic E-state index is -0.743. The number of nitrogens with one attached hydrogen (secondary N) is 2. The van der Waals surface area contributed by atoms with Crippen LogP contribution in [0.3, 0.4) is 0 Å². The molecule has 0 aromatic carbocycles. The van der Waals surface area contributed by atoms with E-state index in [2.05, 4.69) is 10.6 Å². The molecule has 0 aromatic heterocycles. The molecular formula is C15H30N2O3. The maximum atomic E-state index is 11.6. The van der Waals surface area contributed by atoms with Crippen molar-refractivity contribution < 1.29 is 14.6 Å². The van der Waals surface area contributed by atoms with Crippen molar-refractivity contribution in [3.63, 3.8) is 0 Å². The molecule has 0 aliphatic heterocycles. The molecule has 1 aliphatic carbocycles. The Hall–Kier alpha value is -0.810. The average Bonchev–Trinajstić information content (AvgIpc) is 2.49. The number of aliphatic hydroxyl groups is 1. The Bertz CT molecular complexity index is 268. The molecule has 5 nitrogen and oxygen atoms in total. The van der Waals surface area contributed by atoms with Crippen LogP contribution in [0.2, 0.25) is 0 Å². The van der Waals surface area contributed by atoms with Crippen LogP contribution < -0.4 is 10.6 Å². The lowest BCUT2D eigenvalue weighted by Crippen LogP contribution is -2.40. The van der Waals surface area contributed by atoms with Crippen molar-refractivity contribution in [2.45, 2.75) is 58.7 Å². The summed E-state index contributed by atoms with van der Waals surface area (Å²) in [5, 5.41) is 15.3. The number of ether oxygens (including phenoxy) is 1. The monoisotopic (exact) mass is 286 g/mol. The zero-order valence-electron chi connectivity index (χ0n) is 12.9. The SMILES string of the molecule is CCC(C)C(O)OCCNC(=O)NCC1CCCCC1. The molecule has 0 saturated heterocycles. The van der Waals surface area contributed by atoms with Crippen molar-refractivity contribution in [2.24, 2.45) is 11.8 Å². The van der Waals surface area contributed by atoms with Gasteiger partial charge in [-0.2, -0.15) is 0 Å². The van der Waals surface area contributed by atoms with Gasteiger partial charge in [-0.05, 0) is 25.2 Å². The minimum Gasteiger partial charge on any atom is -0.368 e. The van der Waals surface area contributed by atoms with E-state index in [-0.39, 0.29) is 11.9 Å². The lowest BCUT2D eigenvalue weighted by Gasteiger charge is -2.22. The zero-order valence-corrected chi connectivity index (χ0v) is 12.9. The van der Waals surface area contributed by atoms with E-state index in [1.165, 1.54) is 32.1 Å². The van der Waals surface area contributed by atoms with E-state index in [0.717, 1.165) is 13.0 Å². The Morgan fingerprint density at radius 3 is 2.65 bits per heavy atom. The minimum absolute atomic E-state index is 0.120. The van der Waals surface area contributed by atoms with Gasteiger partial charge in [0, 0.05) is 19.0 Å². The molecule has 1 saturated carbocycles. The van der Waals surface area contributed by atoms with Gasteiger partial charge in [0.1, 0.15) is 0 Å². The molecule has 20 heavy (non-hydrogen) atoms. The molecule has 2 unspecified atom stereocenters. The summed E-state index contributed by atoms with van der Waals surface area (Å²) in [5.41, 5.74) is 0. The normalized spacial score (nSPS) is 19.4. The fraction of sp³-hybridized carbons (Fsp3) is 0.933. The highest BCUT2D eigenvalue weighted by atomic mass is 16.6. The molecule has 1 fully saturated rings. The Morgan fingerprint density at radius 2 is 2.00 bits per heavy atom. The summed E-state index contributed by atoms with van der Waals surface area (Å²) in [6, 6.07) is -0.141. The summed E-state index contributed by atoms with van der Waals surface area (Å²) in [4.78, 5) is 11.6. The van der Waals surface area contributed by atoms with Gasteiger partial charge in [0.15, 0.2) is 6.29 Å². The van der Waals surface area contributed by atoms with Gasteiger partial charge in [-0.15, -0.1) is 0 Å². The molecule has 2 atom stereocenters. The van der Waals surface area contributed by atoms with E-state index in [1.54, 1.807) is 0 Å². The lowest BCUT2D eigenvalue weighted by molar-refractivity contribution is -0.129. The van der Waals surface area contributed by atoms with Crippen LogP contribution in [0.4, 0.5) is 4.79 Å². The van der Waals surface area contributed by atoms with Crippen molar-refractivity contribution in [1.82, 2.24) is 10.6 Å². The van der Waals surface area contributed by atoms with Crippen LogP contribution >= 0.6 is 0 Å². The Balaban J connectivity index is 1.99. The summed E-state index contributed by atoms with van der Waals surface area (Å²) >= 11 is 0. The molecule has 0 aromatic rings. The van der Waals surface area contributed by atoms with Crippen LogP contribution in [0.25, 0.3) is 0 Å². The standard InChI is InChI=1S/C15H30N2O3/c1-3-12(2)14(18)20-10-9-16-15(19)17-11-13-7-5-4-6-8-13/h12-14,18H,3-11H2,1-2H3,(H2,16,17,19). The quantitative estimate of drug-likeness (QED) is 0.473. The highest BCUT2D eigenvalue weighted by Crippen LogP contribution is 2.22. The van der Waals surface area contributed by atoms with Gasteiger partial charge in [-0.1, -0.05) is 33.1 Å². The van der Waals surface area contributed by atoms with Crippen LogP contribution in [0.1, 0.15) is 52.4 Å². The first kappa shape index (κ1) is 17.2. The summed E-state index contributed by atoms with van der Waals surface area (Å²) in [6.45, 7) is 5.47. The number of amides is 2. The molecule has 5 heteroatoms. The molecule has 1 rings (SSSR count). The highest BCUT2D eigenvalue weighted by molar-refractivity contribution is 5.73. The highest BCUT2D eigenvalue weighted by Gasteiger charge is 2.14. The number of carbonyl (C=O) groups excluding carboxylic acids is 1. The second kappa shape index (κ2) is 10.00. The molecule has 2 amide bonds. The van der Waals surface area contributed by atoms with Gasteiger partial charge in [0.25, 0.3) is 0 Å². The van der Waals surface area contributed by atoms with Crippen LogP contribution in [0.15, 0.2) is 0 Å². The first-order chi connectivity index (χ1) is 9.63. The largest absolute Gasteiger partial charge is 0.368 e. The molecular weight excluding hydrogens is 256 g/mol. The number of urea groups is 1. The van der Waals surface area contributed by atoms with Crippen molar-refractivity contribution >= 4 is 6.03 Å². The van der Waals surface area contributed by atoms with Gasteiger partial charge in [-0.25, -0.2) is 4.79 Å². The van der Waals surface area contributed by atoms with Crippen molar-refractivity contribution in [1.29, 1.82) is 0 Å². The second-order valence-electron chi connectivity index (χ2n) is 5.79. The van der Waals surface area contributed by atoms with Gasteiger partial charge < -0.3 is 20.5 Å². The summed E-state index contributed by atoms with van der Waals surface area (Å²) in [7, 11) is 0. The third kappa shape index (κ3) is 7.10. The van der Waals surface area contributed by atoms with Crippen molar-refractivity contribution in [3.8, 4) is 0 Å². The number of aliphatic hydroxyl groups excluding tert-OH is 1. The predicted octanol–water partition coefficient (Wildman–Crippen LogP) is 2.25. The summed E-state index contributed by atoms with van der Waals surface area (Å²) in [6.07, 6.45) is 6.49. The fourth-order valence-corrected chi connectivity index (χ4v) is 2.40.